The van der Waals surface area contributed by atoms with Crippen LogP contribution in [0, 0.1) is 10.2 Å². The Morgan fingerprint density at radius 2 is 0.811 bits per heavy atom. The predicted octanol–water partition coefficient (Wildman–Crippen LogP) is 8.39. The van der Waals surface area contributed by atoms with Crippen LogP contribution in [0.25, 0.3) is 16.4 Å². The number of carbonyl (C=O) groups excluding carboxylic acids is 1. The standard InChI is InChI=1S/C30H24P2.C20H16N2P.C8H15F3NO3P.2C6H5NO2.C5H4N2O2.ClHO4.3Ir/c1-5-15-25(16-6-1)31(26-17-7-2-8-18-26)29-23-13-14-24-30(29)32(27-19-9-3-10-20-27)28-21-11-4-12-22-28;1-3-9-16(10-4-1)23(17-11-5-2-6-12-17)15-20-21-18-13-7-8-14-19(18)22-20;1-3-14-16(15-4-2)6-5-12-7(13)8(9,10)11;2*8-6(9)5-3-1-2-4-7-5;8-5(9)4-3-6-1-2-7-4;2-1(3,4)5;;;/h1-24H;1-14H,15H2;3-6H2,1-2H3,(H,12,13);2*1-4H,(H,8,9);1-3H,(H,8,9);(H,2,3,4,5);;;/q;-1;;;;;;;;/p+3. The maximum absolute atomic E-state index is 11.8. The number of fused-ring (bicyclic) bond motifs is 1. The number of carbonyl (C=O) groups is 4. The Balaban J connectivity index is 0.000000347. The van der Waals surface area contributed by atoms with Crippen molar-refractivity contribution in [2.75, 3.05) is 25.9 Å². The van der Waals surface area contributed by atoms with Crippen LogP contribution in [0.3, 0.4) is 0 Å². The molecule has 4 N–H and O–H groups in total. The minimum absolute atomic E-state index is 0. The van der Waals surface area contributed by atoms with Crippen molar-refractivity contribution in [1.29, 1.82) is 0 Å². The van der Waals surface area contributed by atoms with Gasteiger partial charge in [-0.05, 0) is 140 Å². The molecule has 106 heavy (non-hydrogen) atoms. The fourth-order valence-electron chi connectivity index (χ4n) is 9.37. The topological polar surface area (TPSA) is 329 Å². The number of benzene rings is 8. The molecular formula is C75H73ClF3Ir3N7O13P4+2. The second-order valence-corrected chi connectivity index (χ2v) is 30.7. The van der Waals surface area contributed by atoms with E-state index >= 15 is 0 Å². The Hall–Kier alpha value is -8.00. The second-order valence-electron chi connectivity index (χ2n) is 20.8. The van der Waals surface area contributed by atoms with E-state index in [1.807, 2.05) is 24.3 Å². The molecule has 20 nitrogen and oxygen atoms in total. The zero-order chi connectivity index (χ0) is 74.2. The number of hydrogen-bond donors (Lipinski definition) is 4. The summed E-state index contributed by atoms with van der Waals surface area (Å²) < 4.78 is 78.4. The molecule has 0 fully saturated rings. The van der Waals surface area contributed by atoms with Gasteiger partial charge in [-0.1, -0.05) is 164 Å². The summed E-state index contributed by atoms with van der Waals surface area (Å²) in [5.41, 5.74) is 2.11. The van der Waals surface area contributed by atoms with Crippen LogP contribution in [0.1, 0.15) is 51.1 Å². The van der Waals surface area contributed by atoms with E-state index in [2.05, 4.69) is 232 Å². The zero-order valence-corrected chi connectivity index (χ0v) is 68.4. The molecule has 12 aromatic rings. The SMILES string of the molecule is CCO[PH+](CC[N-]C(=O)C(F)(F)F)OCC.O=C(O)c1ccccn1.O=C(O)c1ccccn1.O=C(O)c1cnccn1.[Ir].[Ir].[Ir].[O-][Cl+3]([O-])([O-])O.c1ccc([PH+](Cc2nc3ccccc3[n-]2)c2ccccc2)cc1.c1ccc([PH+](c2ccccc2)c2ccccc2[PH+](c2ccccc2)c2ccccc2)cc1. The molecular weight excluding hydrogens is 2000 g/mol. The number of aromatic nitrogens is 6. The molecule has 1 amide bonds. The predicted molar refractivity (Wildman–Crippen MR) is 395 cm³/mol. The summed E-state index contributed by atoms with van der Waals surface area (Å²) in [6.07, 6.45) is 3.11. The Morgan fingerprint density at radius 3 is 1.11 bits per heavy atom. The number of alkyl halides is 3. The Bertz CT molecular complexity index is 4040. The van der Waals surface area contributed by atoms with E-state index in [1.54, 1.807) is 38.1 Å². The smallest absolute Gasteiger partial charge is 0.432 e. The number of carboxylic acids is 3. The van der Waals surface area contributed by atoms with Crippen LogP contribution in [0.5, 0.6) is 0 Å². The van der Waals surface area contributed by atoms with Crippen LogP contribution in [0.2, 0.25) is 0 Å². The number of aromatic carboxylic acids is 3. The fraction of sp³-hybridized carbons (Fsp3) is 0.107. The van der Waals surface area contributed by atoms with Crippen LogP contribution >= 0.6 is 32.1 Å². The molecule has 0 saturated carbocycles. The number of imidazole rings is 1. The molecule has 0 bridgehead atoms. The molecule has 0 unspecified atom stereocenters. The van der Waals surface area contributed by atoms with Gasteiger partial charge in [-0.3, -0.25) is 4.98 Å². The van der Waals surface area contributed by atoms with E-state index in [1.165, 1.54) is 85.6 Å². The Kier molecular flexibility index (Phi) is 44.0. The van der Waals surface area contributed by atoms with E-state index in [0.29, 0.717) is 13.2 Å². The van der Waals surface area contributed by atoms with Crippen LogP contribution < -0.4 is 61.4 Å². The fourth-order valence-corrected chi connectivity index (χ4v) is 19.1. The first-order valence-electron chi connectivity index (χ1n) is 31.4. The normalized spacial score (nSPS) is 10.4. The third kappa shape index (κ3) is 33.8. The molecule has 559 valence electrons. The first-order valence-corrected chi connectivity index (χ1v) is 38.9. The molecule has 31 heteroatoms. The molecule has 0 aliphatic rings. The monoisotopic (exact) mass is 2070 g/mol. The second kappa shape index (κ2) is 50.5. The van der Waals surface area contributed by atoms with Crippen molar-refractivity contribution < 1.29 is 146 Å². The quantitative estimate of drug-likeness (QED) is 0.0520. The summed E-state index contributed by atoms with van der Waals surface area (Å²) in [5.74, 6) is -4.14. The van der Waals surface area contributed by atoms with Gasteiger partial charge in [-0.2, -0.15) is 27.1 Å². The number of halogens is 4. The van der Waals surface area contributed by atoms with E-state index in [4.69, 9.17) is 53.0 Å². The van der Waals surface area contributed by atoms with Crippen LogP contribution in [-0.2, 0) is 80.3 Å². The van der Waals surface area contributed by atoms with E-state index in [9.17, 15) is 32.3 Å². The average Bonchev–Trinajstić information content (AvgIpc) is 0.918. The first kappa shape index (κ1) is 92.2. The van der Waals surface area contributed by atoms with Gasteiger partial charge in [0.15, 0.2) is 11.6 Å². The van der Waals surface area contributed by atoms with Gasteiger partial charge >= 0.3 is 24.1 Å². The van der Waals surface area contributed by atoms with Gasteiger partial charge in [0.05, 0.1) is 65.2 Å². The van der Waals surface area contributed by atoms with Crippen molar-refractivity contribution in [3.8, 4) is 0 Å². The van der Waals surface area contributed by atoms with Crippen molar-refractivity contribution in [2.45, 2.75) is 26.2 Å². The van der Waals surface area contributed by atoms with Crippen LogP contribution in [-0.4, -0.2) is 101 Å². The van der Waals surface area contributed by atoms with E-state index in [0.717, 1.165) is 23.0 Å². The number of para-hydroxylation sites is 2. The molecule has 4 heterocycles. The van der Waals surface area contributed by atoms with Gasteiger partial charge in [0.25, 0.3) is 8.38 Å². The minimum atomic E-state index is -4.88. The Labute approximate surface area is 658 Å². The molecule has 4 aromatic heterocycles. The molecule has 12 rings (SSSR count). The molecule has 0 atom stereocenters. The number of hydrogen-bond acceptors (Lipinski definition) is 15. The van der Waals surface area contributed by atoms with E-state index < -0.39 is 72.4 Å². The molecule has 0 aliphatic heterocycles. The summed E-state index contributed by atoms with van der Waals surface area (Å²) in [5, 5.41) is 39.3. The summed E-state index contributed by atoms with van der Waals surface area (Å²) in [4.78, 5) is 64.4. The first-order chi connectivity index (χ1) is 49.6. The molecule has 0 aliphatic carbocycles. The average molecular weight is 2070 g/mol. The zero-order valence-electron chi connectivity index (χ0n) is 56.4. The number of amides is 1. The van der Waals surface area contributed by atoms with Crippen molar-refractivity contribution >= 4 is 109 Å². The maximum Gasteiger partial charge on any atom is 0.432 e. The van der Waals surface area contributed by atoms with Gasteiger partial charge in [0.2, 0.25) is 0 Å². The summed E-state index contributed by atoms with van der Waals surface area (Å²) in [6, 6.07) is 92.5. The van der Waals surface area contributed by atoms with Gasteiger partial charge < -0.3 is 35.4 Å². The summed E-state index contributed by atoms with van der Waals surface area (Å²) in [6.45, 7) is 4.18. The van der Waals surface area contributed by atoms with Crippen molar-refractivity contribution in [1.82, 2.24) is 29.9 Å². The summed E-state index contributed by atoms with van der Waals surface area (Å²) >= 11 is 0. The third-order valence-electron chi connectivity index (χ3n) is 13.7. The van der Waals surface area contributed by atoms with Gasteiger partial charge in [0, 0.05) is 85.1 Å². The van der Waals surface area contributed by atoms with Crippen molar-refractivity contribution in [3.05, 3.63) is 326 Å². The largest absolute Gasteiger partial charge is 0.643 e. The maximum atomic E-state index is 11.8. The Morgan fingerprint density at radius 1 is 0.472 bits per heavy atom. The molecule has 0 saturated heterocycles. The third-order valence-corrected chi connectivity index (χ3v) is 24.1. The van der Waals surface area contributed by atoms with Crippen LogP contribution in [0.4, 0.5) is 13.2 Å². The molecule has 8 aromatic carbocycles. The number of nitrogens with zero attached hydrogens (tertiary/aromatic N) is 7. The van der Waals surface area contributed by atoms with Gasteiger partial charge in [0.1, 0.15) is 59.1 Å². The van der Waals surface area contributed by atoms with Gasteiger partial charge in [-0.15, -0.1) is 0 Å². The van der Waals surface area contributed by atoms with Gasteiger partial charge in [-0.25, -0.2) is 38.4 Å². The minimum Gasteiger partial charge on any atom is -0.643 e. The number of pyridine rings is 2. The summed E-state index contributed by atoms with van der Waals surface area (Å²) in [7, 11) is -9.50. The van der Waals surface area contributed by atoms with Crippen molar-refractivity contribution in [2.24, 2.45) is 0 Å². The van der Waals surface area contributed by atoms with E-state index in [-0.39, 0.29) is 90.1 Å². The van der Waals surface area contributed by atoms with Crippen molar-refractivity contribution in [3.63, 3.8) is 0 Å². The number of rotatable bonds is 20. The molecule has 0 spiro atoms. The number of carboxylic acid groups (broad SMARTS) is 3. The van der Waals surface area contributed by atoms with Crippen LogP contribution in [0.15, 0.2) is 298 Å². The molecule has 3 radical (unpaired) electrons.